The molecule has 0 aromatic heterocycles. The van der Waals surface area contributed by atoms with Crippen LogP contribution in [0.5, 0.6) is 5.75 Å². The van der Waals surface area contributed by atoms with Crippen LogP contribution < -0.4 is 10.1 Å². The first-order valence-corrected chi connectivity index (χ1v) is 10.2. The van der Waals surface area contributed by atoms with Crippen LogP contribution >= 0.6 is 0 Å². The van der Waals surface area contributed by atoms with E-state index in [-0.39, 0.29) is 35.8 Å². The van der Waals surface area contributed by atoms with Crippen LogP contribution in [0.15, 0.2) is 48.5 Å². The fourth-order valence-corrected chi connectivity index (χ4v) is 4.56. The molecule has 0 saturated carbocycles. The van der Waals surface area contributed by atoms with Crippen molar-refractivity contribution in [3.63, 3.8) is 0 Å². The first-order valence-electron chi connectivity index (χ1n) is 10.2. The Morgan fingerprint density at radius 3 is 2.38 bits per heavy atom. The number of fused-ring (bicyclic) bond motifs is 2. The number of halogens is 1. The Morgan fingerprint density at radius 1 is 1.07 bits per heavy atom. The quantitative estimate of drug-likeness (QED) is 0.837. The molecule has 5 nitrogen and oxygen atoms in total. The van der Waals surface area contributed by atoms with Gasteiger partial charge in [0.05, 0.1) is 12.2 Å². The summed E-state index contributed by atoms with van der Waals surface area (Å²) in [5.74, 6) is 0.0608. The van der Waals surface area contributed by atoms with E-state index in [1.54, 1.807) is 0 Å². The highest BCUT2D eigenvalue weighted by molar-refractivity contribution is 5.98. The van der Waals surface area contributed by atoms with Crippen LogP contribution in [0.1, 0.15) is 53.3 Å². The molecule has 2 fully saturated rings. The summed E-state index contributed by atoms with van der Waals surface area (Å²) in [6, 6.07) is 13.1. The maximum Gasteiger partial charge on any atom is 0.258 e. The highest BCUT2D eigenvalue weighted by atomic mass is 19.1. The van der Waals surface area contributed by atoms with Gasteiger partial charge in [-0.2, -0.15) is 0 Å². The molecule has 152 valence electrons. The molecule has 2 bridgehead atoms. The average Bonchev–Trinajstić information content (AvgIpc) is 2.99. The number of para-hydroxylation sites is 1. The van der Waals surface area contributed by atoms with E-state index in [0.717, 1.165) is 25.7 Å². The lowest BCUT2D eigenvalue weighted by atomic mass is 9.95. The third-order valence-electron chi connectivity index (χ3n) is 5.83. The Labute approximate surface area is 169 Å². The Bertz CT molecular complexity index is 885. The van der Waals surface area contributed by atoms with Crippen LogP contribution in [0.25, 0.3) is 0 Å². The lowest BCUT2D eigenvalue weighted by molar-refractivity contribution is 0.0546. The van der Waals surface area contributed by atoms with E-state index in [2.05, 4.69) is 5.32 Å². The van der Waals surface area contributed by atoms with Crippen molar-refractivity contribution in [1.29, 1.82) is 0 Å². The number of piperidine rings is 1. The molecule has 2 amide bonds. The minimum absolute atomic E-state index is 0.00450. The van der Waals surface area contributed by atoms with Crippen LogP contribution in [0, 0.1) is 5.82 Å². The normalized spacial score (nSPS) is 23.0. The second-order valence-corrected chi connectivity index (χ2v) is 7.68. The molecule has 2 heterocycles. The summed E-state index contributed by atoms with van der Waals surface area (Å²) in [7, 11) is 0. The summed E-state index contributed by atoms with van der Waals surface area (Å²) in [5.41, 5.74) is 1.04. The summed E-state index contributed by atoms with van der Waals surface area (Å²) in [6.45, 7) is 2.41. The van der Waals surface area contributed by atoms with Gasteiger partial charge in [0.1, 0.15) is 11.6 Å². The number of carbonyl (C=O) groups is 2. The second-order valence-electron chi connectivity index (χ2n) is 7.68. The van der Waals surface area contributed by atoms with E-state index < -0.39 is 0 Å². The molecule has 0 aliphatic carbocycles. The van der Waals surface area contributed by atoms with Crippen LogP contribution in [0.4, 0.5) is 4.39 Å². The van der Waals surface area contributed by atoms with Gasteiger partial charge in [-0.25, -0.2) is 4.39 Å². The van der Waals surface area contributed by atoms with Gasteiger partial charge < -0.3 is 15.0 Å². The van der Waals surface area contributed by atoms with Crippen LogP contribution in [0.3, 0.4) is 0 Å². The molecule has 2 saturated heterocycles. The number of rotatable bonds is 5. The number of ether oxygens (including phenoxy) is 1. The predicted octanol–water partition coefficient (Wildman–Crippen LogP) is 3.79. The van der Waals surface area contributed by atoms with Crippen molar-refractivity contribution in [1.82, 2.24) is 10.2 Å². The van der Waals surface area contributed by atoms with Crippen LogP contribution in [0.2, 0.25) is 0 Å². The maximum absolute atomic E-state index is 13.3. The fraction of sp³-hybridized carbons (Fsp3) is 0.391. The highest BCUT2D eigenvalue weighted by Crippen LogP contribution is 2.38. The largest absolute Gasteiger partial charge is 0.493 e. The number of amides is 2. The van der Waals surface area contributed by atoms with Gasteiger partial charge >= 0.3 is 0 Å². The van der Waals surface area contributed by atoms with E-state index in [9.17, 15) is 14.0 Å². The Morgan fingerprint density at radius 2 is 1.72 bits per heavy atom. The molecule has 1 unspecified atom stereocenters. The number of hydrogen-bond acceptors (Lipinski definition) is 3. The number of nitrogens with zero attached hydrogens (tertiary/aromatic N) is 1. The minimum Gasteiger partial charge on any atom is -0.493 e. The van der Waals surface area contributed by atoms with Gasteiger partial charge in [0.25, 0.3) is 11.8 Å². The van der Waals surface area contributed by atoms with Crippen molar-refractivity contribution < 1.29 is 18.7 Å². The van der Waals surface area contributed by atoms with Gasteiger partial charge in [-0.1, -0.05) is 12.1 Å². The summed E-state index contributed by atoms with van der Waals surface area (Å²) in [5, 5.41) is 3.06. The molecular formula is C23H25FN2O3. The van der Waals surface area contributed by atoms with E-state index in [1.165, 1.54) is 24.3 Å². The summed E-state index contributed by atoms with van der Waals surface area (Å²) < 4.78 is 18.7. The second kappa shape index (κ2) is 8.23. The van der Waals surface area contributed by atoms with Gasteiger partial charge in [-0.05, 0) is 69.0 Å². The molecule has 6 heteroatoms. The fourth-order valence-electron chi connectivity index (χ4n) is 4.56. The Kier molecular flexibility index (Phi) is 5.51. The molecule has 2 aromatic carbocycles. The first-order chi connectivity index (χ1) is 14.1. The van der Waals surface area contributed by atoms with Crippen molar-refractivity contribution in [3.8, 4) is 5.75 Å². The predicted molar refractivity (Wildman–Crippen MR) is 107 cm³/mol. The molecule has 4 rings (SSSR count). The third-order valence-corrected chi connectivity index (χ3v) is 5.83. The highest BCUT2D eigenvalue weighted by Gasteiger charge is 2.44. The number of benzene rings is 2. The number of nitrogens with one attached hydrogen (secondary N) is 1. The van der Waals surface area contributed by atoms with Gasteiger partial charge in [-0.15, -0.1) is 0 Å². The minimum atomic E-state index is -0.362. The van der Waals surface area contributed by atoms with E-state index in [1.807, 2.05) is 36.1 Å². The zero-order chi connectivity index (χ0) is 20.4. The smallest absolute Gasteiger partial charge is 0.258 e. The summed E-state index contributed by atoms with van der Waals surface area (Å²) in [4.78, 5) is 27.7. The van der Waals surface area contributed by atoms with Crippen molar-refractivity contribution in [3.05, 3.63) is 65.5 Å². The van der Waals surface area contributed by atoms with Crippen molar-refractivity contribution >= 4 is 11.8 Å². The van der Waals surface area contributed by atoms with E-state index in [4.69, 9.17) is 4.74 Å². The summed E-state index contributed by atoms with van der Waals surface area (Å²) >= 11 is 0. The first kappa shape index (κ1) is 19.4. The molecule has 0 radical (unpaired) electrons. The zero-order valence-electron chi connectivity index (χ0n) is 16.4. The molecule has 29 heavy (non-hydrogen) atoms. The third kappa shape index (κ3) is 3.97. The molecule has 2 aromatic rings. The Balaban J connectivity index is 1.45. The van der Waals surface area contributed by atoms with Crippen LogP contribution in [-0.2, 0) is 0 Å². The van der Waals surface area contributed by atoms with Gasteiger partial charge in [-0.3, -0.25) is 9.59 Å². The van der Waals surface area contributed by atoms with Crippen LogP contribution in [-0.4, -0.2) is 41.4 Å². The molecule has 1 N–H and O–H groups in total. The number of hydrogen-bond donors (Lipinski definition) is 1. The molecule has 2 aliphatic rings. The zero-order valence-corrected chi connectivity index (χ0v) is 16.4. The number of carbonyl (C=O) groups excluding carboxylic acids is 2. The average molecular weight is 396 g/mol. The SMILES string of the molecule is CCOc1ccccc1C(=O)N1[C@@H]2CC[C@H]1CC(NC(=O)c1ccc(F)cc1)C2. The molecule has 3 atom stereocenters. The molecular weight excluding hydrogens is 371 g/mol. The van der Waals surface area contributed by atoms with E-state index in [0.29, 0.717) is 23.5 Å². The van der Waals surface area contributed by atoms with Crippen molar-refractivity contribution in [2.24, 2.45) is 0 Å². The lowest BCUT2D eigenvalue weighted by Gasteiger charge is -2.39. The standard InChI is InChI=1S/C23H25FN2O3/c1-2-29-21-6-4-3-5-20(21)23(28)26-18-11-12-19(26)14-17(13-18)25-22(27)15-7-9-16(24)10-8-15/h3-10,17-19H,2,11-14H2,1H3,(H,25,27)/t17?,18-,19+. The van der Waals surface area contributed by atoms with Gasteiger partial charge in [0, 0.05) is 23.7 Å². The topological polar surface area (TPSA) is 58.6 Å². The maximum atomic E-state index is 13.3. The molecule has 2 aliphatic heterocycles. The summed E-state index contributed by atoms with van der Waals surface area (Å²) in [6.07, 6.45) is 3.34. The van der Waals surface area contributed by atoms with Gasteiger partial charge in [0.2, 0.25) is 0 Å². The van der Waals surface area contributed by atoms with E-state index >= 15 is 0 Å². The molecule has 0 spiro atoms. The Hall–Kier alpha value is -2.89. The van der Waals surface area contributed by atoms with Crippen molar-refractivity contribution in [2.45, 2.75) is 50.7 Å². The van der Waals surface area contributed by atoms with Crippen molar-refractivity contribution in [2.75, 3.05) is 6.61 Å². The lowest BCUT2D eigenvalue weighted by Crippen LogP contribution is -2.52. The monoisotopic (exact) mass is 396 g/mol. The van der Waals surface area contributed by atoms with Gasteiger partial charge in [0.15, 0.2) is 0 Å².